The molecule has 16 nitrogen and oxygen atoms in total. The lowest BCUT2D eigenvalue weighted by atomic mass is 9.46. The summed E-state index contributed by atoms with van der Waals surface area (Å²) >= 11 is 0. The number of hydrogen-bond acceptors (Lipinski definition) is 12. The molecule has 2 heterocycles. The minimum absolute atomic E-state index is 0. The van der Waals surface area contributed by atoms with Crippen LogP contribution in [0.5, 0.6) is 5.75 Å². The lowest BCUT2D eigenvalue weighted by Crippen LogP contribution is -3.00. The van der Waals surface area contributed by atoms with Crippen molar-refractivity contribution in [2.45, 2.75) is 173 Å². The maximum Gasteiger partial charge on any atom is 0.524 e. The van der Waals surface area contributed by atoms with Crippen molar-refractivity contribution < 1.29 is 79.4 Å². The van der Waals surface area contributed by atoms with Gasteiger partial charge in [0.1, 0.15) is 31.2 Å². The third-order valence-electron chi connectivity index (χ3n) is 18.5. The van der Waals surface area contributed by atoms with Crippen LogP contribution in [-0.4, -0.2) is 99.1 Å². The number of phosphoric acid groups is 1. The summed E-state index contributed by atoms with van der Waals surface area (Å²) < 4.78 is 46.4. The number of aliphatic hydroxyl groups excluding tert-OH is 2. The third kappa shape index (κ3) is 13.3. The van der Waals surface area contributed by atoms with Gasteiger partial charge in [0, 0.05) is 54.9 Å². The Morgan fingerprint density at radius 1 is 0.987 bits per heavy atom. The van der Waals surface area contributed by atoms with Gasteiger partial charge < -0.3 is 51.4 Å². The first kappa shape index (κ1) is 60.0. The first-order valence-electron chi connectivity index (χ1n) is 28.6. The van der Waals surface area contributed by atoms with Gasteiger partial charge in [0.15, 0.2) is 24.3 Å². The fourth-order valence-electron chi connectivity index (χ4n) is 14.5. The van der Waals surface area contributed by atoms with E-state index in [1.54, 1.807) is 36.7 Å². The van der Waals surface area contributed by atoms with Crippen molar-refractivity contribution >= 4 is 25.4 Å². The number of halogens is 1. The lowest BCUT2D eigenvalue weighted by Gasteiger charge is -2.59. The zero-order chi connectivity index (χ0) is 54.4. The molecule has 0 amide bonds. The Kier molecular flexibility index (Phi) is 20.2. The number of esters is 1. The average molecular weight is 1120 g/mol. The van der Waals surface area contributed by atoms with Crippen LogP contribution in [-0.2, 0) is 57.4 Å². The number of fused-ring (bicyclic) bond motifs is 7. The van der Waals surface area contributed by atoms with Gasteiger partial charge in [-0.05, 0) is 124 Å². The molecular formula is C60H83ClN3O13P. The van der Waals surface area contributed by atoms with Gasteiger partial charge in [-0.1, -0.05) is 94.0 Å². The average Bonchev–Trinajstić information content (AvgIpc) is 4.27. The first-order valence-corrected chi connectivity index (χ1v) is 30.1. The van der Waals surface area contributed by atoms with Gasteiger partial charge in [0.2, 0.25) is 5.78 Å². The molecule has 10 atom stereocenters. The van der Waals surface area contributed by atoms with Crippen LogP contribution in [0.3, 0.4) is 0 Å². The van der Waals surface area contributed by atoms with E-state index < -0.39 is 61.4 Å². The Labute approximate surface area is 466 Å². The molecule has 2 aromatic carbocycles. The second-order valence-electron chi connectivity index (χ2n) is 23.3. The van der Waals surface area contributed by atoms with Gasteiger partial charge in [-0.25, -0.2) is 13.7 Å². The summed E-state index contributed by atoms with van der Waals surface area (Å²) in [4.78, 5) is 60.5. The smallest absolute Gasteiger partial charge is 0.524 e. The van der Waals surface area contributed by atoms with Crippen LogP contribution >= 0.6 is 7.82 Å². The predicted octanol–water partition coefficient (Wildman–Crippen LogP) is 5.28. The molecule has 9 rings (SSSR count). The largest absolute Gasteiger partial charge is 1.00 e. The van der Waals surface area contributed by atoms with Crippen molar-refractivity contribution in [3.05, 3.63) is 107 Å². The molecule has 1 aliphatic heterocycles. The topological polar surface area (TPSA) is 216 Å². The van der Waals surface area contributed by atoms with Gasteiger partial charge in [-0.3, -0.25) is 24.2 Å². The van der Waals surface area contributed by atoms with Crippen molar-refractivity contribution in [2.24, 2.45) is 34.5 Å². The SMILES string of the molecule is Cc1n(CCC(=O)OCC(=O)[C@@]23O[C@H](C4CCCCC4)O[C@@H]2C[C@H]2[C@@H]4CCC5=CC(=O)C=C[C@]5(C)[C@H]4[C@@H](O)C[C@@]23C)cc[n+]1Cc1cc(C(O)CNCCCCCCOCCCCc2ccccc2)ccc1OP(=O)(O)O.[Cl-]. The summed E-state index contributed by atoms with van der Waals surface area (Å²) in [6.45, 7) is 8.52. The summed E-state index contributed by atoms with van der Waals surface area (Å²) in [5, 5.41) is 26.7. The Morgan fingerprint density at radius 3 is 2.51 bits per heavy atom. The molecule has 5 aliphatic carbocycles. The number of nitrogens with zero attached hydrogens (tertiary/aromatic N) is 2. The highest BCUT2D eigenvalue weighted by Gasteiger charge is 2.76. The van der Waals surface area contributed by atoms with Crippen molar-refractivity contribution in [1.29, 1.82) is 0 Å². The van der Waals surface area contributed by atoms with Crippen molar-refractivity contribution in [1.82, 2.24) is 9.88 Å². The van der Waals surface area contributed by atoms with Gasteiger partial charge >= 0.3 is 13.8 Å². The Morgan fingerprint density at radius 2 is 1.74 bits per heavy atom. The summed E-state index contributed by atoms with van der Waals surface area (Å²) in [6.07, 6.45) is 21.1. The number of aryl methyl sites for hydroxylation is 2. The highest BCUT2D eigenvalue weighted by molar-refractivity contribution is 7.46. The molecule has 5 fully saturated rings. The van der Waals surface area contributed by atoms with Crippen molar-refractivity contribution in [3.8, 4) is 5.75 Å². The molecule has 6 aliphatic rings. The molecule has 1 saturated heterocycles. The summed E-state index contributed by atoms with van der Waals surface area (Å²) in [6, 6.07) is 15.3. The van der Waals surface area contributed by atoms with Crippen LogP contribution in [0, 0.1) is 41.4 Å². The van der Waals surface area contributed by atoms with E-state index in [1.807, 2.05) is 28.2 Å². The van der Waals surface area contributed by atoms with Crippen LogP contribution in [0.2, 0.25) is 0 Å². The molecule has 0 spiro atoms. The van der Waals surface area contributed by atoms with Crippen molar-refractivity contribution in [2.75, 3.05) is 32.9 Å². The van der Waals surface area contributed by atoms with Crippen LogP contribution < -0.4 is 26.8 Å². The first-order chi connectivity index (χ1) is 37.0. The number of allylic oxidation sites excluding steroid dienone is 4. The van der Waals surface area contributed by atoms with E-state index >= 15 is 0 Å². The normalized spacial score (nSPS) is 28.9. The number of carbonyl (C=O) groups is 3. The Balaban J connectivity index is 0.00000803. The van der Waals surface area contributed by atoms with Crippen LogP contribution in [0.15, 0.2) is 84.7 Å². The van der Waals surface area contributed by atoms with Gasteiger partial charge in [-0.15, -0.1) is 0 Å². The fourth-order valence-corrected chi connectivity index (χ4v) is 14.9. The summed E-state index contributed by atoms with van der Waals surface area (Å²) in [5.41, 5.74) is 0.753. The number of phosphoric ester groups is 1. The number of benzene rings is 2. The number of aliphatic hydroxyl groups is 2. The van der Waals surface area contributed by atoms with Gasteiger partial charge in [0.05, 0.1) is 24.7 Å². The maximum absolute atomic E-state index is 15.0. The fraction of sp³-hybridized carbons (Fsp3) is 0.633. The molecule has 4 saturated carbocycles. The Bertz CT molecular complexity index is 2650. The molecule has 78 heavy (non-hydrogen) atoms. The number of imidazole rings is 1. The molecule has 428 valence electrons. The quantitative estimate of drug-likeness (QED) is 0.0299. The zero-order valence-electron chi connectivity index (χ0n) is 45.8. The zero-order valence-corrected chi connectivity index (χ0v) is 47.4. The molecule has 5 N–H and O–H groups in total. The molecule has 0 radical (unpaired) electrons. The van der Waals surface area contributed by atoms with E-state index in [4.69, 9.17) is 23.5 Å². The number of hydrogen-bond donors (Lipinski definition) is 5. The highest BCUT2D eigenvalue weighted by atomic mass is 35.5. The van der Waals surface area contributed by atoms with E-state index in [-0.39, 0.29) is 72.9 Å². The summed E-state index contributed by atoms with van der Waals surface area (Å²) in [7, 11) is -4.92. The standard InChI is InChI=1S/C60H82N3O13P.ClH/c1-41-62(30-31-63(41)39-45-34-44(21-24-52(45)76-77(69,70)71)51(66)38-61-28-13-4-5-14-32-72-33-15-12-18-42-16-8-6-9-17-42)29-26-55(68)73-40-53(67)60-54(74-57(75-60)43-19-10-7-11-20-43)36-49-48-23-22-46-35-47(64)25-27-58(46,2)56(48)50(65)37-59(49,60)3;/h6,8-9,16-17,21,24-25,27,30-31,34-35,43,48-51,54,56-57,61,65-66H,4-5,7,10-15,18-20,22-23,26,28-29,32-33,36-40H2,1-3H3,(H-,69,70,71);1H/t48-,49-,50-,51?,54+,56+,57+,58-,59-,60+;/m0./s1. The van der Waals surface area contributed by atoms with Gasteiger partial charge in [0.25, 0.3) is 5.82 Å². The minimum Gasteiger partial charge on any atom is -1.00 e. The molecule has 1 aromatic heterocycles. The maximum atomic E-state index is 15.0. The molecule has 1 unspecified atom stereocenters. The monoisotopic (exact) mass is 1120 g/mol. The van der Waals surface area contributed by atoms with E-state index in [0.717, 1.165) is 121 Å². The second kappa shape index (κ2) is 26.2. The third-order valence-corrected chi connectivity index (χ3v) is 18.9. The molecular weight excluding hydrogens is 1040 g/mol. The van der Waals surface area contributed by atoms with Crippen LogP contribution in [0.1, 0.15) is 145 Å². The van der Waals surface area contributed by atoms with Gasteiger partial charge in [-0.2, -0.15) is 0 Å². The number of carbonyl (C=O) groups excluding carboxylic acids is 3. The highest BCUT2D eigenvalue weighted by Crippen LogP contribution is 2.70. The van der Waals surface area contributed by atoms with Crippen molar-refractivity contribution in [3.63, 3.8) is 0 Å². The number of ether oxygens (including phenoxy) is 4. The van der Waals surface area contributed by atoms with E-state index in [1.165, 1.54) is 11.6 Å². The number of ketones is 2. The van der Waals surface area contributed by atoms with Crippen LogP contribution in [0.25, 0.3) is 0 Å². The number of Topliss-reactive ketones (excluding diaryl/α,β-unsaturated/α-hetero) is 1. The minimum atomic E-state index is -4.92. The molecule has 0 bridgehead atoms. The number of nitrogens with one attached hydrogen (secondary N) is 1. The number of unbranched alkanes of at least 4 members (excludes halogenated alkanes) is 4. The number of rotatable bonds is 26. The summed E-state index contributed by atoms with van der Waals surface area (Å²) in [5.74, 6) is -0.128. The van der Waals surface area contributed by atoms with E-state index in [9.17, 15) is 38.9 Å². The van der Waals surface area contributed by atoms with Crippen LogP contribution in [0.4, 0.5) is 0 Å². The predicted molar refractivity (Wildman–Crippen MR) is 287 cm³/mol. The lowest BCUT2D eigenvalue weighted by molar-refractivity contribution is -0.694. The van der Waals surface area contributed by atoms with E-state index in [0.29, 0.717) is 30.5 Å². The van der Waals surface area contributed by atoms with E-state index in [2.05, 4.69) is 43.4 Å². The molecule has 18 heteroatoms. The molecule has 3 aromatic rings. The second-order valence-corrected chi connectivity index (χ2v) is 24.5. The Hall–Kier alpha value is -4.06. The number of aromatic nitrogens is 2.